The topological polar surface area (TPSA) is 12.0 Å². The van der Waals surface area contributed by atoms with Crippen LogP contribution >= 0.6 is 15.9 Å². The van der Waals surface area contributed by atoms with E-state index in [-0.39, 0.29) is 0 Å². The molecule has 1 aromatic carbocycles. The number of benzene rings is 1. The van der Waals surface area contributed by atoms with Crippen molar-refractivity contribution in [1.29, 1.82) is 0 Å². The highest BCUT2D eigenvalue weighted by Gasteiger charge is 2.30. The van der Waals surface area contributed by atoms with Gasteiger partial charge in [0.2, 0.25) is 0 Å². The van der Waals surface area contributed by atoms with Gasteiger partial charge in [-0.15, -0.1) is 0 Å². The Hall–Kier alpha value is -0.340. The highest BCUT2D eigenvalue weighted by atomic mass is 79.9. The van der Waals surface area contributed by atoms with Gasteiger partial charge in [-0.3, -0.25) is 0 Å². The third-order valence-electron chi connectivity index (χ3n) is 4.79. The van der Waals surface area contributed by atoms with Gasteiger partial charge in [-0.25, -0.2) is 0 Å². The molecule has 0 heterocycles. The van der Waals surface area contributed by atoms with Gasteiger partial charge in [0, 0.05) is 17.1 Å². The van der Waals surface area contributed by atoms with Gasteiger partial charge in [0.15, 0.2) is 0 Å². The van der Waals surface area contributed by atoms with Crippen molar-refractivity contribution in [3.63, 3.8) is 0 Å². The average molecular weight is 338 g/mol. The Bertz CT molecular complexity index is 441. The fourth-order valence-corrected chi connectivity index (χ4v) is 4.11. The molecule has 0 amide bonds. The normalized spacial score (nSPS) is 27.0. The first-order chi connectivity index (χ1) is 9.47. The van der Waals surface area contributed by atoms with E-state index >= 15 is 0 Å². The quantitative estimate of drug-likeness (QED) is 0.785. The molecular weight excluding hydrogens is 310 g/mol. The molecule has 1 fully saturated rings. The molecule has 0 spiro atoms. The first-order valence-electron chi connectivity index (χ1n) is 7.95. The summed E-state index contributed by atoms with van der Waals surface area (Å²) in [6, 6.07) is 7.32. The van der Waals surface area contributed by atoms with Gasteiger partial charge >= 0.3 is 0 Å². The Labute approximate surface area is 132 Å². The van der Waals surface area contributed by atoms with Crippen LogP contribution in [0, 0.1) is 24.7 Å². The lowest BCUT2D eigenvalue weighted by atomic mass is 9.74. The molecule has 1 nitrogen and oxygen atoms in total. The maximum atomic E-state index is 3.83. The van der Waals surface area contributed by atoms with Crippen LogP contribution in [0.15, 0.2) is 22.7 Å². The summed E-state index contributed by atoms with van der Waals surface area (Å²) in [5.41, 5.74) is 2.68. The van der Waals surface area contributed by atoms with Crippen molar-refractivity contribution in [2.24, 2.45) is 17.8 Å². The van der Waals surface area contributed by atoms with Crippen molar-refractivity contribution in [2.45, 2.75) is 59.5 Å². The molecule has 0 aliphatic heterocycles. The van der Waals surface area contributed by atoms with E-state index in [1.807, 2.05) is 0 Å². The van der Waals surface area contributed by atoms with Crippen LogP contribution in [0.25, 0.3) is 0 Å². The summed E-state index contributed by atoms with van der Waals surface area (Å²) >= 11 is 3.69. The highest BCUT2D eigenvalue weighted by Crippen LogP contribution is 2.33. The number of rotatable bonds is 4. The molecule has 0 saturated heterocycles. The summed E-state index contributed by atoms with van der Waals surface area (Å²) in [6.07, 6.45) is 4.10. The molecular formula is C18H28BrN. The molecule has 2 heteroatoms. The molecule has 1 N–H and O–H groups in total. The van der Waals surface area contributed by atoms with E-state index in [2.05, 4.69) is 67.1 Å². The third-order valence-corrected chi connectivity index (χ3v) is 5.52. The zero-order chi connectivity index (χ0) is 14.7. The fraction of sp³-hybridized carbons (Fsp3) is 0.667. The van der Waals surface area contributed by atoms with Crippen molar-refractivity contribution in [2.75, 3.05) is 0 Å². The lowest BCUT2D eigenvalue weighted by Crippen LogP contribution is -2.42. The van der Waals surface area contributed by atoms with Crippen LogP contribution in [0.4, 0.5) is 0 Å². The van der Waals surface area contributed by atoms with E-state index in [0.29, 0.717) is 6.04 Å². The fourth-order valence-electron chi connectivity index (χ4n) is 3.47. The molecule has 1 saturated carbocycles. The smallest absolute Gasteiger partial charge is 0.0222 e. The predicted molar refractivity (Wildman–Crippen MR) is 90.8 cm³/mol. The van der Waals surface area contributed by atoms with E-state index in [4.69, 9.17) is 0 Å². The van der Waals surface area contributed by atoms with Crippen LogP contribution < -0.4 is 5.32 Å². The van der Waals surface area contributed by atoms with Crippen molar-refractivity contribution < 1.29 is 0 Å². The average Bonchev–Trinajstić information content (AvgIpc) is 2.37. The first-order valence-corrected chi connectivity index (χ1v) is 8.75. The van der Waals surface area contributed by atoms with Crippen LogP contribution in [0.1, 0.15) is 51.2 Å². The molecule has 3 unspecified atom stereocenters. The predicted octanol–water partition coefficient (Wildman–Crippen LogP) is 5.31. The molecule has 1 aliphatic carbocycles. The maximum absolute atomic E-state index is 3.83. The van der Waals surface area contributed by atoms with Crippen LogP contribution in [-0.4, -0.2) is 6.04 Å². The molecule has 0 aromatic heterocycles. The molecule has 0 radical (unpaired) electrons. The summed E-state index contributed by atoms with van der Waals surface area (Å²) in [6.45, 7) is 10.3. The van der Waals surface area contributed by atoms with Crippen LogP contribution in [0.5, 0.6) is 0 Å². The number of halogens is 1. The zero-order valence-corrected chi connectivity index (χ0v) is 14.8. The van der Waals surface area contributed by atoms with Gasteiger partial charge in [0.1, 0.15) is 0 Å². The minimum absolute atomic E-state index is 0.673. The van der Waals surface area contributed by atoms with Crippen LogP contribution in [0.3, 0.4) is 0 Å². The van der Waals surface area contributed by atoms with Gasteiger partial charge in [0.25, 0.3) is 0 Å². The second kappa shape index (κ2) is 7.09. The highest BCUT2D eigenvalue weighted by molar-refractivity contribution is 9.10. The SMILES string of the molecule is Cc1ccc(CNC2CC(C)CCC2C(C)C)c(Br)c1. The van der Waals surface area contributed by atoms with Crippen molar-refractivity contribution in [1.82, 2.24) is 5.32 Å². The lowest BCUT2D eigenvalue weighted by molar-refractivity contribution is 0.169. The van der Waals surface area contributed by atoms with Crippen molar-refractivity contribution in [3.8, 4) is 0 Å². The van der Waals surface area contributed by atoms with Crippen LogP contribution in [0.2, 0.25) is 0 Å². The second-order valence-corrected chi connectivity index (χ2v) is 7.76. The molecule has 20 heavy (non-hydrogen) atoms. The third kappa shape index (κ3) is 4.08. The first kappa shape index (κ1) is 16.0. The van der Waals surface area contributed by atoms with E-state index in [1.54, 1.807) is 0 Å². The summed E-state index contributed by atoms with van der Waals surface area (Å²) in [5.74, 6) is 2.47. The van der Waals surface area contributed by atoms with Gasteiger partial charge in [0.05, 0.1) is 0 Å². The van der Waals surface area contributed by atoms with Gasteiger partial charge in [-0.05, 0) is 54.7 Å². The number of aryl methyl sites for hydroxylation is 1. The molecule has 0 bridgehead atoms. The van der Waals surface area contributed by atoms with E-state index in [1.165, 1.54) is 34.9 Å². The van der Waals surface area contributed by atoms with E-state index < -0.39 is 0 Å². The van der Waals surface area contributed by atoms with E-state index in [9.17, 15) is 0 Å². The molecule has 3 atom stereocenters. The van der Waals surface area contributed by atoms with Gasteiger partial charge < -0.3 is 5.32 Å². The minimum Gasteiger partial charge on any atom is -0.310 e. The second-order valence-electron chi connectivity index (χ2n) is 6.91. The van der Waals surface area contributed by atoms with E-state index in [0.717, 1.165) is 24.3 Å². The monoisotopic (exact) mass is 337 g/mol. The zero-order valence-electron chi connectivity index (χ0n) is 13.2. The lowest BCUT2D eigenvalue weighted by Gasteiger charge is -2.38. The summed E-state index contributed by atoms with van der Waals surface area (Å²) in [5, 5.41) is 3.83. The summed E-state index contributed by atoms with van der Waals surface area (Å²) < 4.78 is 1.23. The molecule has 1 aromatic rings. The van der Waals surface area contributed by atoms with Crippen LogP contribution in [-0.2, 0) is 6.54 Å². The Morgan fingerprint density at radius 1 is 1.30 bits per heavy atom. The van der Waals surface area contributed by atoms with Gasteiger partial charge in [-0.2, -0.15) is 0 Å². The molecule has 1 aliphatic rings. The Kier molecular flexibility index (Phi) is 5.68. The Morgan fingerprint density at radius 2 is 2.05 bits per heavy atom. The summed E-state index contributed by atoms with van der Waals surface area (Å²) in [4.78, 5) is 0. The number of nitrogens with one attached hydrogen (secondary N) is 1. The molecule has 2 rings (SSSR count). The standard InChI is InChI=1S/C18H28BrN/c1-12(2)16-8-6-14(4)10-18(16)20-11-15-7-5-13(3)9-17(15)19/h5,7,9,12,14,16,18,20H,6,8,10-11H2,1-4H3. The summed E-state index contributed by atoms with van der Waals surface area (Å²) in [7, 11) is 0. The van der Waals surface area contributed by atoms with Crippen molar-refractivity contribution >= 4 is 15.9 Å². The Morgan fingerprint density at radius 3 is 2.70 bits per heavy atom. The molecule has 112 valence electrons. The minimum atomic E-state index is 0.673. The Balaban J connectivity index is 2.00. The largest absolute Gasteiger partial charge is 0.310 e. The van der Waals surface area contributed by atoms with Crippen molar-refractivity contribution in [3.05, 3.63) is 33.8 Å². The number of hydrogen-bond donors (Lipinski definition) is 1. The maximum Gasteiger partial charge on any atom is 0.0222 e. The number of hydrogen-bond acceptors (Lipinski definition) is 1. The van der Waals surface area contributed by atoms with Gasteiger partial charge in [-0.1, -0.05) is 55.3 Å².